The van der Waals surface area contributed by atoms with Gasteiger partial charge in [-0.1, -0.05) is 29.8 Å². The van der Waals surface area contributed by atoms with Crippen molar-refractivity contribution < 1.29 is 4.39 Å². The fourth-order valence-corrected chi connectivity index (χ4v) is 4.78. The van der Waals surface area contributed by atoms with Crippen LogP contribution in [0.25, 0.3) is 0 Å². The Morgan fingerprint density at radius 3 is 2.76 bits per heavy atom. The first-order chi connectivity index (χ1) is 12.2. The van der Waals surface area contributed by atoms with Gasteiger partial charge in [-0.05, 0) is 54.2 Å². The van der Waals surface area contributed by atoms with E-state index < -0.39 is 0 Å². The number of rotatable bonds is 2. The van der Waals surface area contributed by atoms with Gasteiger partial charge in [0, 0.05) is 5.02 Å². The number of hydrogen-bond donors (Lipinski definition) is 2. The Kier molecular flexibility index (Phi) is 4.61. The molecule has 2 aliphatic heterocycles. The smallest absolute Gasteiger partial charge is 0.148 e. The molecule has 3 nitrogen and oxygen atoms in total. The summed E-state index contributed by atoms with van der Waals surface area (Å²) < 4.78 is 14.3. The molecule has 25 heavy (non-hydrogen) atoms. The molecule has 2 N–H and O–H groups in total. The second kappa shape index (κ2) is 6.89. The van der Waals surface area contributed by atoms with Gasteiger partial charge in [-0.3, -0.25) is 4.99 Å². The van der Waals surface area contributed by atoms with Crippen LogP contribution in [0.4, 0.5) is 15.8 Å². The molecule has 2 aromatic carbocycles. The maximum Gasteiger partial charge on any atom is 0.148 e. The molecular formula is C19H19ClFN3S. The van der Waals surface area contributed by atoms with Crippen molar-refractivity contribution in [1.82, 2.24) is 0 Å². The molecule has 1 saturated heterocycles. The van der Waals surface area contributed by atoms with Crippen LogP contribution in [0.2, 0.25) is 5.02 Å². The highest BCUT2D eigenvalue weighted by molar-refractivity contribution is 7.99. The molecule has 2 heterocycles. The van der Waals surface area contributed by atoms with Crippen LogP contribution in [-0.2, 0) is 6.54 Å². The molecule has 1 fully saturated rings. The van der Waals surface area contributed by atoms with Gasteiger partial charge in [0.15, 0.2) is 0 Å². The minimum Gasteiger partial charge on any atom is -0.369 e. The minimum atomic E-state index is -0.320. The van der Waals surface area contributed by atoms with Crippen LogP contribution >= 0.6 is 23.4 Å². The number of fused-ring (bicyclic) bond motifs is 1. The number of nitrogens with one attached hydrogen (secondary N) is 2. The largest absolute Gasteiger partial charge is 0.369 e. The predicted molar refractivity (Wildman–Crippen MR) is 106 cm³/mol. The molecule has 0 aliphatic carbocycles. The molecule has 0 atom stereocenters. The second-order valence-corrected chi connectivity index (χ2v) is 8.06. The summed E-state index contributed by atoms with van der Waals surface area (Å²) >= 11 is 8.00. The summed E-state index contributed by atoms with van der Waals surface area (Å²) in [6, 6.07) is 12.8. The molecule has 0 amide bonds. The number of anilines is 2. The topological polar surface area (TPSA) is 36.4 Å². The highest BCUT2D eigenvalue weighted by atomic mass is 35.5. The standard InChI is InChI=1S/C19H19ClFN3S/c20-14-4-1-3-13(11-14)12-22-18-19(7-9-25-10-8-19)24-17-15(21)5-2-6-16(17)23-18/h1-6,11,24H,7-10,12H2,(H,22,23). The zero-order valence-corrected chi connectivity index (χ0v) is 15.3. The average molecular weight is 376 g/mol. The zero-order valence-electron chi connectivity index (χ0n) is 13.7. The molecule has 4 rings (SSSR count). The van der Waals surface area contributed by atoms with E-state index in [4.69, 9.17) is 16.6 Å². The Labute approximate surface area is 156 Å². The SMILES string of the molecule is Fc1cccc2c1NC1(CCSCC1)C(=NCc1cccc(Cl)c1)N2. The molecule has 130 valence electrons. The van der Waals surface area contributed by atoms with Crippen LogP contribution in [0.5, 0.6) is 0 Å². The van der Waals surface area contributed by atoms with E-state index in [-0.39, 0.29) is 11.4 Å². The summed E-state index contributed by atoms with van der Waals surface area (Å²) in [4.78, 5) is 4.85. The van der Waals surface area contributed by atoms with E-state index in [2.05, 4.69) is 10.6 Å². The highest BCUT2D eigenvalue weighted by Gasteiger charge is 2.41. The summed E-state index contributed by atoms with van der Waals surface area (Å²) in [5.74, 6) is 2.74. The van der Waals surface area contributed by atoms with E-state index >= 15 is 0 Å². The van der Waals surface area contributed by atoms with E-state index in [9.17, 15) is 4.39 Å². The molecule has 0 radical (unpaired) electrons. The lowest BCUT2D eigenvalue weighted by atomic mass is 9.87. The van der Waals surface area contributed by atoms with Gasteiger partial charge in [0.05, 0.1) is 23.5 Å². The average Bonchev–Trinajstić information content (AvgIpc) is 2.62. The first-order valence-electron chi connectivity index (χ1n) is 8.37. The predicted octanol–water partition coefficient (Wildman–Crippen LogP) is 5.18. The first kappa shape index (κ1) is 16.7. The van der Waals surface area contributed by atoms with Gasteiger partial charge in [0.2, 0.25) is 0 Å². The third-order valence-electron chi connectivity index (χ3n) is 4.74. The number of benzene rings is 2. The van der Waals surface area contributed by atoms with Gasteiger partial charge in [0.1, 0.15) is 11.7 Å². The van der Waals surface area contributed by atoms with Crippen molar-refractivity contribution in [1.29, 1.82) is 0 Å². The Hall–Kier alpha value is -1.72. The Morgan fingerprint density at radius 2 is 1.96 bits per heavy atom. The maximum absolute atomic E-state index is 14.3. The van der Waals surface area contributed by atoms with Crippen molar-refractivity contribution in [3.05, 3.63) is 58.9 Å². The quantitative estimate of drug-likeness (QED) is 0.759. The molecule has 0 aromatic heterocycles. The van der Waals surface area contributed by atoms with Gasteiger partial charge in [0.25, 0.3) is 0 Å². The fourth-order valence-electron chi connectivity index (χ4n) is 3.38. The van der Waals surface area contributed by atoms with Gasteiger partial charge < -0.3 is 10.6 Å². The monoisotopic (exact) mass is 375 g/mol. The Bertz CT molecular complexity index is 818. The van der Waals surface area contributed by atoms with Crippen molar-refractivity contribution in [3.8, 4) is 0 Å². The maximum atomic E-state index is 14.3. The van der Waals surface area contributed by atoms with Crippen LogP contribution in [0.3, 0.4) is 0 Å². The Balaban J connectivity index is 1.69. The number of aliphatic imine (C=N–C) groups is 1. The lowest BCUT2D eigenvalue weighted by Crippen LogP contribution is -2.55. The van der Waals surface area contributed by atoms with Crippen molar-refractivity contribution in [3.63, 3.8) is 0 Å². The molecule has 0 unspecified atom stereocenters. The normalized spacial score (nSPS) is 20.0. The van der Waals surface area contributed by atoms with Crippen LogP contribution in [0.1, 0.15) is 18.4 Å². The van der Waals surface area contributed by atoms with E-state index in [1.54, 1.807) is 6.07 Å². The van der Waals surface area contributed by atoms with Crippen LogP contribution < -0.4 is 10.6 Å². The number of halogens is 2. The lowest BCUT2D eigenvalue weighted by molar-refractivity contribution is 0.548. The molecule has 6 heteroatoms. The van der Waals surface area contributed by atoms with E-state index in [0.29, 0.717) is 17.3 Å². The van der Waals surface area contributed by atoms with Crippen LogP contribution in [0, 0.1) is 5.82 Å². The molecule has 1 spiro atoms. The lowest BCUT2D eigenvalue weighted by Gasteiger charge is -2.43. The summed E-state index contributed by atoms with van der Waals surface area (Å²) in [7, 11) is 0. The number of para-hydroxylation sites is 1. The number of amidine groups is 1. The number of nitrogens with zero attached hydrogens (tertiary/aromatic N) is 1. The van der Waals surface area contributed by atoms with Crippen LogP contribution in [-0.4, -0.2) is 22.9 Å². The molecule has 0 bridgehead atoms. The summed E-state index contributed by atoms with van der Waals surface area (Å²) in [6.07, 6.45) is 1.85. The van der Waals surface area contributed by atoms with E-state index in [1.165, 1.54) is 6.07 Å². The Morgan fingerprint density at radius 1 is 1.16 bits per heavy atom. The van der Waals surface area contributed by atoms with Crippen molar-refractivity contribution in [2.24, 2.45) is 4.99 Å². The van der Waals surface area contributed by atoms with Gasteiger partial charge in [-0.25, -0.2) is 4.39 Å². The van der Waals surface area contributed by atoms with Gasteiger partial charge in [-0.15, -0.1) is 0 Å². The first-order valence-corrected chi connectivity index (χ1v) is 9.90. The molecular weight excluding hydrogens is 357 g/mol. The summed E-state index contributed by atoms with van der Waals surface area (Å²) in [5, 5.41) is 7.57. The third kappa shape index (κ3) is 3.35. The molecule has 2 aromatic rings. The van der Waals surface area contributed by atoms with Gasteiger partial charge in [-0.2, -0.15) is 11.8 Å². The second-order valence-electron chi connectivity index (χ2n) is 6.40. The minimum absolute atomic E-state index is 0.225. The van der Waals surface area contributed by atoms with E-state index in [1.807, 2.05) is 42.1 Å². The van der Waals surface area contributed by atoms with Crippen molar-refractivity contribution >= 4 is 40.6 Å². The highest BCUT2D eigenvalue weighted by Crippen LogP contribution is 2.40. The van der Waals surface area contributed by atoms with E-state index in [0.717, 1.165) is 41.4 Å². The molecule has 2 aliphatic rings. The van der Waals surface area contributed by atoms with Crippen LogP contribution in [0.15, 0.2) is 47.5 Å². The molecule has 0 saturated carbocycles. The van der Waals surface area contributed by atoms with Crippen molar-refractivity contribution in [2.75, 3.05) is 22.1 Å². The summed E-state index contributed by atoms with van der Waals surface area (Å²) in [5.41, 5.74) is 2.04. The fraction of sp³-hybridized carbons (Fsp3) is 0.316. The summed E-state index contributed by atoms with van der Waals surface area (Å²) in [6.45, 7) is 0.546. The number of thioether (sulfide) groups is 1. The van der Waals surface area contributed by atoms with Crippen molar-refractivity contribution in [2.45, 2.75) is 24.9 Å². The van der Waals surface area contributed by atoms with Gasteiger partial charge >= 0.3 is 0 Å². The number of hydrogen-bond acceptors (Lipinski definition) is 3. The zero-order chi connectivity index (χ0) is 17.3. The third-order valence-corrected chi connectivity index (χ3v) is 5.96.